The van der Waals surface area contributed by atoms with Gasteiger partial charge < -0.3 is 5.32 Å². The van der Waals surface area contributed by atoms with Crippen molar-refractivity contribution in [3.63, 3.8) is 0 Å². The summed E-state index contributed by atoms with van der Waals surface area (Å²) in [4.78, 5) is 11.5. The van der Waals surface area contributed by atoms with E-state index < -0.39 is 23.3 Å². The molecule has 0 fully saturated rings. The van der Waals surface area contributed by atoms with Crippen molar-refractivity contribution in [1.82, 2.24) is 25.1 Å². The summed E-state index contributed by atoms with van der Waals surface area (Å²) in [6, 6.07) is 10.3. The summed E-state index contributed by atoms with van der Waals surface area (Å²) >= 11 is 0. The third-order valence-corrected chi connectivity index (χ3v) is 3.89. The maximum absolute atomic E-state index is 14.9. The molecule has 0 amide bonds. The Morgan fingerprint density at radius 2 is 1.89 bits per heavy atom. The third-order valence-electron chi connectivity index (χ3n) is 3.89. The summed E-state index contributed by atoms with van der Waals surface area (Å²) in [6.07, 6.45) is 0.732. The standard InChI is InChI=1S/C18H13F3N6/c1-10-8-15(27-26-10)24-16-12-4-2-3-5-13(12)23-17(25-16)18(20,21)14-7-6-11(19)9-22-14/h2-9H,1H3,(H2,23,24,25,26,27). The highest BCUT2D eigenvalue weighted by Gasteiger charge is 2.40. The second-order valence-corrected chi connectivity index (χ2v) is 5.91. The Kier molecular flexibility index (Phi) is 3.98. The quantitative estimate of drug-likeness (QED) is 0.566. The number of aryl methyl sites for hydroxylation is 1. The molecule has 0 bridgehead atoms. The minimum Gasteiger partial charge on any atom is -0.323 e. The smallest absolute Gasteiger partial charge is 0.323 e. The van der Waals surface area contributed by atoms with Crippen LogP contribution in [0.1, 0.15) is 17.2 Å². The Hall–Kier alpha value is -3.49. The summed E-state index contributed by atoms with van der Waals surface area (Å²) in [6.45, 7) is 1.82. The Morgan fingerprint density at radius 3 is 2.59 bits per heavy atom. The van der Waals surface area contributed by atoms with Crippen LogP contribution in [-0.2, 0) is 5.92 Å². The lowest BCUT2D eigenvalue weighted by molar-refractivity contribution is 0.0285. The highest BCUT2D eigenvalue weighted by molar-refractivity contribution is 5.90. The topological polar surface area (TPSA) is 79.4 Å². The molecule has 9 heteroatoms. The van der Waals surface area contributed by atoms with Gasteiger partial charge in [0, 0.05) is 17.1 Å². The first-order valence-electron chi connectivity index (χ1n) is 7.99. The molecule has 0 aliphatic rings. The lowest BCUT2D eigenvalue weighted by Gasteiger charge is -2.16. The van der Waals surface area contributed by atoms with Crippen molar-refractivity contribution in [3.8, 4) is 0 Å². The van der Waals surface area contributed by atoms with Crippen LogP contribution in [0.15, 0.2) is 48.7 Å². The van der Waals surface area contributed by atoms with Gasteiger partial charge in [-0.25, -0.2) is 14.4 Å². The predicted octanol–water partition coefficient (Wildman–Crippen LogP) is 4.08. The second kappa shape index (κ2) is 6.35. The fraction of sp³-hybridized carbons (Fsp3) is 0.111. The molecule has 136 valence electrons. The molecule has 4 rings (SSSR count). The van der Waals surface area contributed by atoms with E-state index in [2.05, 4.69) is 30.5 Å². The van der Waals surface area contributed by atoms with Gasteiger partial charge in [-0.3, -0.25) is 10.1 Å². The van der Waals surface area contributed by atoms with E-state index in [0.717, 1.165) is 24.0 Å². The van der Waals surface area contributed by atoms with Crippen LogP contribution in [-0.4, -0.2) is 25.1 Å². The van der Waals surface area contributed by atoms with E-state index in [0.29, 0.717) is 16.7 Å². The number of nitrogens with one attached hydrogen (secondary N) is 2. The molecule has 27 heavy (non-hydrogen) atoms. The molecule has 3 heterocycles. The van der Waals surface area contributed by atoms with Crippen LogP contribution in [0.3, 0.4) is 0 Å². The summed E-state index contributed by atoms with van der Waals surface area (Å²) in [7, 11) is 0. The van der Waals surface area contributed by atoms with Crippen molar-refractivity contribution in [2.45, 2.75) is 12.8 Å². The number of halogens is 3. The maximum atomic E-state index is 14.9. The van der Waals surface area contributed by atoms with Gasteiger partial charge in [-0.05, 0) is 31.2 Å². The molecule has 0 aliphatic heterocycles. The molecule has 6 nitrogen and oxygen atoms in total. The number of anilines is 2. The molecule has 2 N–H and O–H groups in total. The molecule has 0 aliphatic carbocycles. The van der Waals surface area contributed by atoms with Crippen molar-refractivity contribution in [2.75, 3.05) is 5.32 Å². The van der Waals surface area contributed by atoms with Crippen molar-refractivity contribution >= 4 is 22.5 Å². The molecule has 3 aromatic heterocycles. The molecular weight excluding hydrogens is 357 g/mol. The first kappa shape index (κ1) is 17.0. The largest absolute Gasteiger partial charge is 0.348 e. The fourth-order valence-corrected chi connectivity index (χ4v) is 2.59. The van der Waals surface area contributed by atoms with E-state index in [4.69, 9.17) is 0 Å². The zero-order valence-corrected chi connectivity index (χ0v) is 14.0. The third kappa shape index (κ3) is 3.19. The summed E-state index contributed by atoms with van der Waals surface area (Å²) in [5.74, 6) is -4.43. The maximum Gasteiger partial charge on any atom is 0.348 e. The van der Waals surface area contributed by atoms with Crippen molar-refractivity contribution in [1.29, 1.82) is 0 Å². The molecule has 0 saturated carbocycles. The molecule has 0 spiro atoms. The lowest BCUT2D eigenvalue weighted by Crippen LogP contribution is -2.21. The zero-order valence-electron chi connectivity index (χ0n) is 14.0. The number of fused-ring (bicyclic) bond motifs is 1. The Balaban J connectivity index is 1.84. The van der Waals surface area contributed by atoms with Crippen molar-refractivity contribution in [2.24, 2.45) is 0 Å². The molecule has 0 unspecified atom stereocenters. The van der Waals surface area contributed by atoms with Crippen LogP contribution in [0.5, 0.6) is 0 Å². The first-order chi connectivity index (χ1) is 12.9. The van der Waals surface area contributed by atoms with Crippen LogP contribution >= 0.6 is 0 Å². The van der Waals surface area contributed by atoms with Crippen molar-refractivity contribution in [3.05, 3.63) is 71.7 Å². The van der Waals surface area contributed by atoms with Gasteiger partial charge in [0.15, 0.2) is 5.82 Å². The Bertz CT molecular complexity index is 1110. The van der Waals surface area contributed by atoms with Gasteiger partial charge >= 0.3 is 5.92 Å². The van der Waals surface area contributed by atoms with E-state index in [1.165, 1.54) is 0 Å². The van der Waals surface area contributed by atoms with Crippen LogP contribution in [0.25, 0.3) is 10.9 Å². The fourth-order valence-electron chi connectivity index (χ4n) is 2.59. The van der Waals surface area contributed by atoms with Gasteiger partial charge in [-0.2, -0.15) is 13.9 Å². The van der Waals surface area contributed by atoms with E-state index in [1.807, 2.05) is 6.92 Å². The van der Waals surface area contributed by atoms with Gasteiger partial charge in [-0.15, -0.1) is 0 Å². The predicted molar refractivity (Wildman–Crippen MR) is 93.3 cm³/mol. The number of nitrogens with zero attached hydrogens (tertiary/aromatic N) is 4. The number of para-hydroxylation sites is 1. The second-order valence-electron chi connectivity index (χ2n) is 5.91. The van der Waals surface area contributed by atoms with Gasteiger partial charge in [-0.1, -0.05) is 12.1 Å². The summed E-state index contributed by atoms with van der Waals surface area (Å²) < 4.78 is 42.9. The van der Waals surface area contributed by atoms with Crippen LogP contribution in [0.2, 0.25) is 0 Å². The average Bonchev–Trinajstić information content (AvgIpc) is 3.07. The van der Waals surface area contributed by atoms with Crippen LogP contribution < -0.4 is 5.32 Å². The van der Waals surface area contributed by atoms with Crippen LogP contribution in [0.4, 0.5) is 24.8 Å². The number of hydrogen-bond acceptors (Lipinski definition) is 5. The minimum atomic E-state index is -3.60. The molecule has 1 aromatic carbocycles. The molecule has 0 atom stereocenters. The highest BCUT2D eigenvalue weighted by atomic mass is 19.3. The van der Waals surface area contributed by atoms with Gasteiger partial charge in [0.1, 0.15) is 17.3 Å². The van der Waals surface area contributed by atoms with Gasteiger partial charge in [0.2, 0.25) is 5.82 Å². The monoisotopic (exact) mass is 370 g/mol. The zero-order chi connectivity index (χ0) is 19.0. The number of rotatable bonds is 4. The summed E-state index contributed by atoms with van der Waals surface area (Å²) in [5, 5.41) is 10.3. The normalized spacial score (nSPS) is 11.7. The van der Waals surface area contributed by atoms with E-state index in [9.17, 15) is 13.2 Å². The molecule has 4 aromatic rings. The average molecular weight is 370 g/mol. The summed E-state index contributed by atoms with van der Waals surface area (Å²) in [5.41, 5.74) is 0.497. The molecule has 0 radical (unpaired) electrons. The molecular formula is C18H13F3N6. The number of H-pyrrole nitrogens is 1. The first-order valence-corrected chi connectivity index (χ1v) is 7.99. The number of aromatic nitrogens is 5. The lowest BCUT2D eigenvalue weighted by atomic mass is 10.1. The van der Waals surface area contributed by atoms with E-state index in [1.54, 1.807) is 30.3 Å². The van der Waals surface area contributed by atoms with E-state index >= 15 is 0 Å². The SMILES string of the molecule is Cc1cc(Nc2nc(C(F)(F)c3ccc(F)cn3)nc3ccccc23)n[nH]1. The Morgan fingerprint density at radius 1 is 1.07 bits per heavy atom. The number of alkyl halides is 2. The van der Waals surface area contributed by atoms with Gasteiger partial charge in [0.25, 0.3) is 0 Å². The van der Waals surface area contributed by atoms with Crippen molar-refractivity contribution < 1.29 is 13.2 Å². The highest BCUT2D eigenvalue weighted by Crippen LogP contribution is 2.35. The van der Waals surface area contributed by atoms with E-state index in [-0.39, 0.29) is 5.82 Å². The number of aromatic amines is 1. The molecule has 0 saturated heterocycles. The minimum absolute atomic E-state index is 0.184. The van der Waals surface area contributed by atoms with Gasteiger partial charge in [0.05, 0.1) is 11.7 Å². The number of hydrogen-bond donors (Lipinski definition) is 2. The van der Waals surface area contributed by atoms with Crippen LogP contribution in [0, 0.1) is 12.7 Å². The Labute approximate surface area is 151 Å². The number of pyridine rings is 1. The number of benzene rings is 1.